The molecule has 0 unspecified atom stereocenters. The van der Waals surface area contributed by atoms with E-state index in [2.05, 4.69) is 9.97 Å². The first-order valence-corrected chi connectivity index (χ1v) is 5.54. The fraction of sp³-hybridized carbons (Fsp3) is 0.143. The zero-order valence-electron chi connectivity index (χ0n) is 10.3. The van der Waals surface area contributed by atoms with Crippen LogP contribution in [-0.4, -0.2) is 22.2 Å². The van der Waals surface area contributed by atoms with Gasteiger partial charge in [0.1, 0.15) is 5.75 Å². The van der Waals surface area contributed by atoms with Crippen LogP contribution < -0.4 is 4.74 Å². The Labute approximate surface area is 106 Å². The van der Waals surface area contributed by atoms with Gasteiger partial charge < -0.3 is 9.84 Å². The SMILES string of the molecule is COc1cccc(/C=C/c2nc(C)cc(O)n2)c1. The molecule has 4 nitrogen and oxygen atoms in total. The summed E-state index contributed by atoms with van der Waals surface area (Å²) >= 11 is 0. The van der Waals surface area contributed by atoms with Crippen LogP contribution in [0.3, 0.4) is 0 Å². The lowest BCUT2D eigenvalue weighted by Crippen LogP contribution is -1.90. The van der Waals surface area contributed by atoms with Gasteiger partial charge in [-0.2, -0.15) is 4.98 Å². The average Bonchev–Trinajstić information content (AvgIpc) is 2.35. The van der Waals surface area contributed by atoms with Crippen molar-refractivity contribution in [3.05, 3.63) is 47.4 Å². The summed E-state index contributed by atoms with van der Waals surface area (Å²) in [5, 5.41) is 9.37. The summed E-state index contributed by atoms with van der Waals surface area (Å²) in [5.74, 6) is 1.26. The van der Waals surface area contributed by atoms with Gasteiger partial charge in [-0.3, -0.25) is 0 Å². The molecule has 0 bridgehead atoms. The number of ether oxygens (including phenoxy) is 1. The quantitative estimate of drug-likeness (QED) is 0.899. The van der Waals surface area contributed by atoms with Crippen molar-refractivity contribution in [1.29, 1.82) is 0 Å². The monoisotopic (exact) mass is 242 g/mol. The second-order valence-electron chi connectivity index (χ2n) is 3.84. The molecule has 0 spiro atoms. The van der Waals surface area contributed by atoms with Gasteiger partial charge in [-0.05, 0) is 30.7 Å². The molecule has 0 atom stereocenters. The van der Waals surface area contributed by atoms with E-state index in [9.17, 15) is 5.11 Å². The molecule has 0 aliphatic rings. The van der Waals surface area contributed by atoms with E-state index >= 15 is 0 Å². The van der Waals surface area contributed by atoms with E-state index in [4.69, 9.17) is 4.74 Å². The Morgan fingerprint density at radius 1 is 1.17 bits per heavy atom. The zero-order chi connectivity index (χ0) is 13.0. The van der Waals surface area contributed by atoms with E-state index in [0.29, 0.717) is 5.82 Å². The summed E-state index contributed by atoms with van der Waals surface area (Å²) in [6.07, 6.45) is 3.62. The molecule has 1 N–H and O–H groups in total. The number of nitrogens with zero attached hydrogens (tertiary/aromatic N) is 2. The average molecular weight is 242 g/mol. The van der Waals surface area contributed by atoms with Crippen LogP contribution >= 0.6 is 0 Å². The van der Waals surface area contributed by atoms with Gasteiger partial charge in [-0.15, -0.1) is 0 Å². The Hall–Kier alpha value is -2.36. The van der Waals surface area contributed by atoms with Crippen molar-refractivity contribution in [3.8, 4) is 11.6 Å². The molecule has 4 heteroatoms. The van der Waals surface area contributed by atoms with Crippen molar-refractivity contribution in [1.82, 2.24) is 9.97 Å². The predicted octanol–water partition coefficient (Wildman–Crippen LogP) is 2.67. The maximum absolute atomic E-state index is 9.37. The number of benzene rings is 1. The number of hydrogen-bond donors (Lipinski definition) is 1. The Kier molecular flexibility index (Phi) is 3.57. The maximum Gasteiger partial charge on any atom is 0.214 e. The van der Waals surface area contributed by atoms with Crippen molar-refractivity contribution in [2.24, 2.45) is 0 Å². The first kappa shape index (κ1) is 12.1. The molecule has 1 aromatic heterocycles. The van der Waals surface area contributed by atoms with Crippen LogP contribution in [0.5, 0.6) is 11.6 Å². The highest BCUT2D eigenvalue weighted by Gasteiger charge is 1.97. The highest BCUT2D eigenvalue weighted by Crippen LogP contribution is 2.15. The standard InChI is InChI=1S/C14H14N2O2/c1-10-8-14(17)16-13(15-10)7-6-11-4-3-5-12(9-11)18-2/h3-9H,1-2H3,(H,15,16,17)/b7-6+. The molecule has 0 aliphatic heterocycles. The van der Waals surface area contributed by atoms with Crippen LogP contribution in [0.1, 0.15) is 17.1 Å². The second-order valence-corrected chi connectivity index (χ2v) is 3.84. The van der Waals surface area contributed by atoms with Crippen LogP contribution in [0.2, 0.25) is 0 Å². The maximum atomic E-state index is 9.37. The Balaban J connectivity index is 2.24. The summed E-state index contributed by atoms with van der Waals surface area (Å²) in [4.78, 5) is 8.12. The normalized spacial score (nSPS) is 10.8. The van der Waals surface area contributed by atoms with Gasteiger partial charge in [0, 0.05) is 11.8 Å². The van der Waals surface area contributed by atoms with Crippen molar-refractivity contribution in [3.63, 3.8) is 0 Å². The van der Waals surface area contributed by atoms with Gasteiger partial charge in [-0.1, -0.05) is 18.2 Å². The third kappa shape index (κ3) is 3.07. The molecular formula is C14H14N2O2. The van der Waals surface area contributed by atoms with Crippen LogP contribution in [0, 0.1) is 6.92 Å². The third-order valence-electron chi connectivity index (χ3n) is 2.38. The highest BCUT2D eigenvalue weighted by atomic mass is 16.5. The molecule has 0 radical (unpaired) electrons. The van der Waals surface area contributed by atoms with Gasteiger partial charge in [0.15, 0.2) is 5.82 Å². The zero-order valence-corrected chi connectivity index (χ0v) is 10.3. The number of hydrogen-bond acceptors (Lipinski definition) is 4. The van der Waals surface area contributed by atoms with Crippen LogP contribution in [0.25, 0.3) is 12.2 Å². The fourth-order valence-corrected chi connectivity index (χ4v) is 1.56. The summed E-state index contributed by atoms with van der Waals surface area (Å²) in [5.41, 5.74) is 1.71. The molecule has 92 valence electrons. The molecule has 2 aromatic rings. The first-order chi connectivity index (χ1) is 8.67. The fourth-order valence-electron chi connectivity index (χ4n) is 1.56. The number of methoxy groups -OCH3 is 1. The number of rotatable bonds is 3. The number of aryl methyl sites for hydroxylation is 1. The van der Waals surface area contributed by atoms with Gasteiger partial charge in [0.25, 0.3) is 0 Å². The molecule has 1 aromatic carbocycles. The van der Waals surface area contributed by atoms with Gasteiger partial charge in [-0.25, -0.2) is 4.98 Å². The van der Waals surface area contributed by atoms with Crippen LogP contribution in [-0.2, 0) is 0 Å². The minimum absolute atomic E-state index is 0.0206. The molecule has 1 heterocycles. The van der Waals surface area contributed by atoms with Gasteiger partial charge in [0.2, 0.25) is 5.88 Å². The van der Waals surface area contributed by atoms with E-state index in [1.807, 2.05) is 37.3 Å². The molecule has 0 saturated heterocycles. The van der Waals surface area contributed by atoms with Crippen molar-refractivity contribution in [2.75, 3.05) is 7.11 Å². The van der Waals surface area contributed by atoms with Gasteiger partial charge in [0.05, 0.1) is 7.11 Å². The molecular weight excluding hydrogens is 228 g/mol. The van der Waals surface area contributed by atoms with Crippen molar-refractivity contribution < 1.29 is 9.84 Å². The Morgan fingerprint density at radius 2 is 2.00 bits per heavy atom. The first-order valence-electron chi connectivity index (χ1n) is 5.54. The van der Waals surface area contributed by atoms with Gasteiger partial charge >= 0.3 is 0 Å². The summed E-state index contributed by atoms with van der Waals surface area (Å²) in [6, 6.07) is 9.17. The number of aromatic nitrogens is 2. The second kappa shape index (κ2) is 5.31. The summed E-state index contributed by atoms with van der Waals surface area (Å²) < 4.78 is 5.14. The molecule has 2 rings (SSSR count). The van der Waals surface area contributed by atoms with Crippen LogP contribution in [0.4, 0.5) is 0 Å². The smallest absolute Gasteiger partial charge is 0.214 e. The molecule has 18 heavy (non-hydrogen) atoms. The molecule has 0 fully saturated rings. The summed E-state index contributed by atoms with van der Waals surface area (Å²) in [7, 11) is 1.63. The van der Waals surface area contributed by atoms with E-state index in [0.717, 1.165) is 17.0 Å². The molecule has 0 saturated carbocycles. The van der Waals surface area contributed by atoms with Crippen molar-refractivity contribution in [2.45, 2.75) is 6.92 Å². The number of aromatic hydroxyl groups is 1. The van der Waals surface area contributed by atoms with Crippen molar-refractivity contribution >= 4 is 12.2 Å². The molecule has 0 aliphatic carbocycles. The minimum atomic E-state index is -0.0206. The van der Waals surface area contributed by atoms with Crippen LogP contribution in [0.15, 0.2) is 30.3 Å². The summed E-state index contributed by atoms with van der Waals surface area (Å²) in [6.45, 7) is 1.81. The lowest BCUT2D eigenvalue weighted by atomic mass is 10.2. The van der Waals surface area contributed by atoms with E-state index < -0.39 is 0 Å². The largest absolute Gasteiger partial charge is 0.497 e. The van der Waals surface area contributed by atoms with E-state index in [1.54, 1.807) is 13.2 Å². The predicted molar refractivity (Wildman–Crippen MR) is 70.4 cm³/mol. The van der Waals surface area contributed by atoms with E-state index in [-0.39, 0.29) is 5.88 Å². The third-order valence-corrected chi connectivity index (χ3v) is 2.38. The minimum Gasteiger partial charge on any atom is -0.497 e. The Bertz CT molecular complexity index is 560. The topological polar surface area (TPSA) is 55.2 Å². The molecule has 0 amide bonds. The lowest BCUT2D eigenvalue weighted by molar-refractivity contribution is 0.414. The lowest BCUT2D eigenvalue weighted by Gasteiger charge is -2.00. The highest BCUT2D eigenvalue weighted by molar-refractivity contribution is 5.67. The Morgan fingerprint density at radius 3 is 2.72 bits per heavy atom. The van der Waals surface area contributed by atoms with E-state index in [1.165, 1.54) is 6.07 Å².